The smallest absolute Gasteiger partial charge is 0.269 e. The first-order chi connectivity index (χ1) is 29.0. The van der Waals surface area contributed by atoms with E-state index in [0.717, 1.165) is 11.3 Å². The predicted octanol–water partition coefficient (Wildman–Crippen LogP) is 7.51. The van der Waals surface area contributed by atoms with Gasteiger partial charge in [0, 0.05) is 87.3 Å². The molecule has 11 nitrogen and oxygen atoms in total. The van der Waals surface area contributed by atoms with Crippen molar-refractivity contribution in [3.8, 4) is 11.1 Å². The molecule has 3 aromatic carbocycles. The summed E-state index contributed by atoms with van der Waals surface area (Å²) in [5, 5.41) is 14.3. The lowest BCUT2D eigenvalue weighted by Crippen LogP contribution is -2.44. The second-order valence-electron chi connectivity index (χ2n) is 16.4. The lowest BCUT2D eigenvalue weighted by molar-refractivity contribution is -0.135. The van der Waals surface area contributed by atoms with E-state index in [4.69, 9.17) is 5.41 Å². The van der Waals surface area contributed by atoms with Gasteiger partial charge in [0.25, 0.3) is 11.8 Å². The summed E-state index contributed by atoms with van der Waals surface area (Å²) in [4.78, 5) is 56.4. The Morgan fingerprint density at radius 1 is 1.02 bits per heavy atom. The normalized spacial score (nSPS) is 18.0. The molecule has 4 aromatic rings. The Bertz CT molecular complexity index is 2370. The number of nitrogens with one attached hydrogen (secondary N) is 4. The fourth-order valence-corrected chi connectivity index (χ4v) is 8.25. The van der Waals surface area contributed by atoms with Crippen LogP contribution in [0.15, 0.2) is 60.7 Å². The highest BCUT2D eigenvalue weighted by atomic mass is 19.3. The van der Waals surface area contributed by atoms with Crippen molar-refractivity contribution in [1.29, 1.82) is 5.41 Å². The Kier molecular flexibility index (Phi) is 13.8. The second kappa shape index (κ2) is 18.8. The quantitative estimate of drug-likeness (QED) is 0.0741. The van der Waals surface area contributed by atoms with Crippen LogP contribution in [-0.2, 0) is 20.8 Å². The van der Waals surface area contributed by atoms with Gasteiger partial charge in [-0.25, -0.2) is 17.6 Å². The fraction of sp³-hybridized carbons (Fsp3) is 0.413. The van der Waals surface area contributed by atoms with Crippen LogP contribution < -0.4 is 10.6 Å². The number of alkyl halides is 2. The summed E-state index contributed by atoms with van der Waals surface area (Å²) in [6.45, 7) is 5.50. The Morgan fingerprint density at radius 2 is 1.77 bits per heavy atom. The lowest BCUT2D eigenvalue weighted by Gasteiger charge is -2.32. The molecule has 2 saturated heterocycles. The summed E-state index contributed by atoms with van der Waals surface area (Å²) in [6, 6.07) is 15.0. The van der Waals surface area contributed by atoms with Crippen molar-refractivity contribution in [2.75, 3.05) is 59.2 Å². The van der Waals surface area contributed by atoms with Gasteiger partial charge in [-0.05, 0) is 67.1 Å². The Morgan fingerprint density at radius 3 is 2.44 bits per heavy atom. The highest BCUT2D eigenvalue weighted by molar-refractivity contribution is 6.17. The Balaban J connectivity index is 0.000000207. The molecule has 1 atom stereocenters. The van der Waals surface area contributed by atoms with Gasteiger partial charge in [0.15, 0.2) is 5.82 Å². The van der Waals surface area contributed by atoms with E-state index in [0.29, 0.717) is 78.5 Å². The van der Waals surface area contributed by atoms with E-state index < -0.39 is 29.4 Å². The minimum Gasteiger partial charge on any atom is -0.387 e. The summed E-state index contributed by atoms with van der Waals surface area (Å²) in [5.74, 6) is -5.46. The van der Waals surface area contributed by atoms with E-state index in [1.54, 1.807) is 67.3 Å². The first-order valence-corrected chi connectivity index (χ1v) is 20.6. The highest BCUT2D eigenvalue weighted by Crippen LogP contribution is 2.38. The third-order valence-electron chi connectivity index (χ3n) is 11.4. The average Bonchev–Trinajstić information content (AvgIpc) is 3.68. The van der Waals surface area contributed by atoms with Crippen LogP contribution in [0, 0.1) is 28.9 Å². The maximum absolute atomic E-state index is 15.8. The third-order valence-corrected chi connectivity index (χ3v) is 11.4. The second-order valence-corrected chi connectivity index (χ2v) is 16.4. The first kappa shape index (κ1) is 44.7. The van der Waals surface area contributed by atoms with Gasteiger partial charge < -0.3 is 25.5 Å². The minimum absolute atomic E-state index is 0.00940. The minimum atomic E-state index is -2.63. The molecular weight excluding hydrogens is 791 g/mol. The molecule has 0 spiro atoms. The van der Waals surface area contributed by atoms with E-state index in [2.05, 4.69) is 15.6 Å². The first-order valence-electron chi connectivity index (χ1n) is 20.6. The van der Waals surface area contributed by atoms with Gasteiger partial charge in [-0.3, -0.25) is 29.4 Å². The molecular formula is C46H53F4N7O4. The lowest BCUT2D eigenvalue weighted by atomic mass is 9.87. The molecule has 0 aliphatic carbocycles. The number of amides is 4. The van der Waals surface area contributed by atoms with E-state index in [-0.39, 0.29) is 66.5 Å². The van der Waals surface area contributed by atoms with Gasteiger partial charge in [0.2, 0.25) is 17.7 Å². The topological polar surface area (TPSA) is 142 Å². The number of nitrogens with zero attached hydrogens (tertiary/aromatic N) is 3. The van der Waals surface area contributed by atoms with Crippen LogP contribution in [0.4, 0.5) is 23.2 Å². The molecule has 1 unspecified atom stereocenters. The molecule has 4 amide bonds. The van der Waals surface area contributed by atoms with Crippen molar-refractivity contribution in [2.45, 2.75) is 58.3 Å². The molecule has 3 aliphatic rings. The largest absolute Gasteiger partial charge is 0.387 e. The van der Waals surface area contributed by atoms with Gasteiger partial charge in [0.05, 0.1) is 23.7 Å². The van der Waals surface area contributed by atoms with Crippen LogP contribution >= 0.6 is 0 Å². The summed E-state index contributed by atoms with van der Waals surface area (Å²) in [6.07, 6.45) is 4.08. The molecule has 15 heteroatoms. The van der Waals surface area contributed by atoms with Gasteiger partial charge >= 0.3 is 0 Å². The number of hydrogen-bond acceptors (Lipinski definition) is 7. The number of hydrogen-bond donors (Lipinski definition) is 4. The van der Waals surface area contributed by atoms with E-state index in [1.165, 1.54) is 11.0 Å². The number of benzene rings is 3. The number of likely N-dealkylation sites (tertiary alicyclic amines) is 1. The summed E-state index contributed by atoms with van der Waals surface area (Å²) >= 11 is 0. The number of carbonyl (C=O) groups excluding carboxylic acids is 4. The SMILES string of the molecule is CC(C)C(=O)N1CCC=C(c2cc(-c3ccccc3F)c3cc(C(=O)N(C)C)[nH]c3c2F)C1.CNc1c(CCN2CCCC(F)(F)C2)cccc1C(=N)C1CCC(=O)NC1=O. The van der Waals surface area contributed by atoms with Crippen molar-refractivity contribution >= 4 is 51.5 Å². The number of aromatic nitrogens is 1. The number of halogens is 4. The summed E-state index contributed by atoms with van der Waals surface area (Å²) in [5.41, 5.74) is 4.57. The number of aromatic amines is 1. The van der Waals surface area contributed by atoms with Crippen LogP contribution in [0.2, 0.25) is 0 Å². The molecule has 0 bridgehead atoms. The third kappa shape index (κ3) is 10.0. The molecule has 4 heterocycles. The van der Waals surface area contributed by atoms with E-state index >= 15 is 4.39 Å². The van der Waals surface area contributed by atoms with Gasteiger partial charge in [-0.15, -0.1) is 0 Å². The van der Waals surface area contributed by atoms with Crippen LogP contribution in [0.3, 0.4) is 0 Å². The Hall–Kier alpha value is -5.83. The van der Waals surface area contributed by atoms with Crippen LogP contribution in [0.5, 0.6) is 0 Å². The number of fused-ring (bicyclic) bond motifs is 1. The van der Waals surface area contributed by atoms with Crippen LogP contribution in [0.1, 0.15) is 73.1 Å². The van der Waals surface area contributed by atoms with Crippen molar-refractivity contribution in [3.63, 3.8) is 0 Å². The van der Waals surface area contributed by atoms with E-state index in [9.17, 15) is 32.3 Å². The van der Waals surface area contributed by atoms with Crippen molar-refractivity contribution in [2.24, 2.45) is 11.8 Å². The van der Waals surface area contributed by atoms with Gasteiger partial charge in [-0.2, -0.15) is 0 Å². The summed E-state index contributed by atoms with van der Waals surface area (Å²) < 4.78 is 57.8. The zero-order chi connectivity index (χ0) is 44.2. The standard InChI is InChI=1S/C26H27F2N3O2.C20H26F2N4O2/c1-15(2)25(32)31-11-7-8-16(14-31)18-12-19(17-9-5-6-10-21(17)27)20-13-22(26(33)30(3)4)29-24(20)23(18)28;1-24-18-13(8-11-26-10-3-9-20(21,22)12-26)4-2-5-14(18)17(23)15-6-7-16(27)25-19(15)28/h5-6,8-10,12-13,15,29H,7,11,14H2,1-4H3;2,4-5,15,23-24H,3,6-12H2,1H3,(H,25,27,28). The number of anilines is 1. The number of rotatable bonds is 10. The zero-order valence-electron chi connectivity index (χ0n) is 35.2. The number of para-hydroxylation sites is 1. The maximum atomic E-state index is 15.8. The molecule has 1 aromatic heterocycles. The molecule has 7 rings (SSSR count). The van der Waals surface area contributed by atoms with Gasteiger partial charge in [-0.1, -0.05) is 56.3 Å². The van der Waals surface area contributed by atoms with Crippen molar-refractivity contribution in [1.82, 2.24) is 25.0 Å². The van der Waals surface area contributed by atoms with Crippen molar-refractivity contribution in [3.05, 3.63) is 94.7 Å². The zero-order valence-corrected chi connectivity index (χ0v) is 35.2. The molecule has 0 saturated carbocycles. The van der Waals surface area contributed by atoms with E-state index in [1.807, 2.05) is 32.1 Å². The van der Waals surface area contributed by atoms with Crippen molar-refractivity contribution < 1.29 is 36.7 Å². The summed E-state index contributed by atoms with van der Waals surface area (Å²) in [7, 11) is 4.97. The molecule has 324 valence electrons. The molecule has 61 heavy (non-hydrogen) atoms. The Labute approximate surface area is 353 Å². The van der Waals surface area contributed by atoms with Gasteiger partial charge in [0.1, 0.15) is 11.5 Å². The average molecular weight is 844 g/mol. The molecule has 3 aliphatic heterocycles. The number of H-pyrrole nitrogens is 1. The molecule has 4 N–H and O–H groups in total. The maximum Gasteiger partial charge on any atom is 0.269 e. The van der Waals surface area contributed by atoms with Crippen LogP contribution in [0.25, 0.3) is 27.6 Å². The predicted molar refractivity (Wildman–Crippen MR) is 229 cm³/mol. The molecule has 0 radical (unpaired) electrons. The number of imide groups is 1. The fourth-order valence-electron chi connectivity index (χ4n) is 8.25. The van der Waals surface area contributed by atoms with Crippen LogP contribution in [-0.4, -0.2) is 109 Å². The number of carbonyl (C=O) groups is 4. The highest BCUT2D eigenvalue weighted by Gasteiger charge is 2.35. The monoisotopic (exact) mass is 843 g/mol. The number of piperidine rings is 2. The molecule has 2 fully saturated rings.